The first-order valence-corrected chi connectivity index (χ1v) is 5.59. The summed E-state index contributed by atoms with van der Waals surface area (Å²) in [7, 11) is 2.16. The number of likely N-dealkylation sites (tertiary alicyclic amines) is 1. The van der Waals surface area contributed by atoms with Crippen molar-refractivity contribution in [1.82, 2.24) is 9.88 Å². The molecule has 1 aliphatic rings. The van der Waals surface area contributed by atoms with Gasteiger partial charge in [0.05, 0.1) is 10.2 Å². The standard InChI is InChI=1S/C10H14BrN3/c1-14-5-3-8(7-14)13-10-2-4-12-6-9(10)11/h2,4,6,8H,3,5,7H2,1H3,(H,12,13). The van der Waals surface area contributed by atoms with Crippen LogP contribution in [0.3, 0.4) is 0 Å². The molecule has 1 saturated heterocycles. The third kappa shape index (κ3) is 2.25. The smallest absolute Gasteiger partial charge is 0.0590 e. The Labute approximate surface area is 92.6 Å². The summed E-state index contributed by atoms with van der Waals surface area (Å²) in [6.45, 7) is 2.30. The van der Waals surface area contributed by atoms with E-state index in [0.29, 0.717) is 6.04 Å². The van der Waals surface area contributed by atoms with Crippen molar-refractivity contribution >= 4 is 21.6 Å². The molecule has 0 spiro atoms. The van der Waals surface area contributed by atoms with Gasteiger partial charge < -0.3 is 10.2 Å². The Hall–Kier alpha value is -0.610. The lowest BCUT2D eigenvalue weighted by Gasteiger charge is -2.14. The second kappa shape index (κ2) is 4.28. The minimum Gasteiger partial charge on any atom is -0.380 e. The van der Waals surface area contributed by atoms with E-state index in [9.17, 15) is 0 Å². The van der Waals surface area contributed by atoms with Gasteiger partial charge >= 0.3 is 0 Å². The summed E-state index contributed by atoms with van der Waals surface area (Å²) in [5, 5.41) is 3.51. The van der Waals surface area contributed by atoms with Crippen molar-refractivity contribution in [1.29, 1.82) is 0 Å². The van der Waals surface area contributed by atoms with Crippen LogP contribution in [0.5, 0.6) is 0 Å². The van der Waals surface area contributed by atoms with Crippen LogP contribution in [0, 0.1) is 0 Å². The summed E-state index contributed by atoms with van der Waals surface area (Å²) in [5.74, 6) is 0. The predicted molar refractivity (Wildman–Crippen MR) is 61.5 cm³/mol. The van der Waals surface area contributed by atoms with Crippen molar-refractivity contribution in [3.05, 3.63) is 22.9 Å². The van der Waals surface area contributed by atoms with E-state index in [1.54, 1.807) is 0 Å². The largest absolute Gasteiger partial charge is 0.380 e. The first-order chi connectivity index (χ1) is 6.75. The molecule has 0 amide bonds. The van der Waals surface area contributed by atoms with Crippen LogP contribution in [0.2, 0.25) is 0 Å². The fourth-order valence-electron chi connectivity index (χ4n) is 1.76. The molecule has 1 fully saturated rings. The van der Waals surface area contributed by atoms with Gasteiger partial charge in [-0.15, -0.1) is 0 Å². The summed E-state index contributed by atoms with van der Waals surface area (Å²) in [6.07, 6.45) is 4.85. The van der Waals surface area contributed by atoms with Crippen LogP contribution >= 0.6 is 15.9 Å². The quantitative estimate of drug-likeness (QED) is 0.876. The Balaban J connectivity index is 2.01. The van der Waals surface area contributed by atoms with Crippen LogP contribution in [0.25, 0.3) is 0 Å². The highest BCUT2D eigenvalue weighted by Crippen LogP contribution is 2.22. The van der Waals surface area contributed by atoms with Crippen LogP contribution in [-0.2, 0) is 0 Å². The number of halogens is 1. The first kappa shape index (κ1) is 9.93. The molecular formula is C10H14BrN3. The zero-order chi connectivity index (χ0) is 9.97. The zero-order valence-electron chi connectivity index (χ0n) is 8.20. The van der Waals surface area contributed by atoms with E-state index in [1.807, 2.05) is 18.5 Å². The van der Waals surface area contributed by atoms with E-state index in [2.05, 4.69) is 38.2 Å². The Bertz CT molecular complexity index is 316. The number of anilines is 1. The SMILES string of the molecule is CN1CCC(Nc2ccncc2Br)C1. The molecule has 1 aromatic rings. The molecule has 76 valence electrons. The maximum Gasteiger partial charge on any atom is 0.0590 e. The fraction of sp³-hybridized carbons (Fsp3) is 0.500. The highest BCUT2D eigenvalue weighted by atomic mass is 79.9. The predicted octanol–water partition coefficient (Wildman–Crippen LogP) is 1.96. The number of hydrogen-bond donors (Lipinski definition) is 1. The van der Waals surface area contributed by atoms with Gasteiger partial charge in [-0.05, 0) is 42.0 Å². The lowest BCUT2D eigenvalue weighted by molar-refractivity contribution is 0.414. The normalized spacial score (nSPS) is 22.6. The average molecular weight is 256 g/mol. The third-order valence-corrected chi connectivity index (χ3v) is 3.16. The van der Waals surface area contributed by atoms with Crippen molar-refractivity contribution in [3.63, 3.8) is 0 Å². The maximum absolute atomic E-state index is 4.04. The van der Waals surface area contributed by atoms with E-state index in [1.165, 1.54) is 13.0 Å². The number of likely N-dealkylation sites (N-methyl/N-ethyl adjacent to an activating group) is 1. The molecule has 1 N–H and O–H groups in total. The Morgan fingerprint density at radius 3 is 3.14 bits per heavy atom. The van der Waals surface area contributed by atoms with Gasteiger partial charge in [-0.1, -0.05) is 0 Å². The molecule has 1 unspecified atom stereocenters. The summed E-state index contributed by atoms with van der Waals surface area (Å²) in [5.41, 5.74) is 1.14. The molecule has 2 heterocycles. The van der Waals surface area contributed by atoms with Gasteiger partial charge in [-0.3, -0.25) is 4.98 Å². The number of rotatable bonds is 2. The van der Waals surface area contributed by atoms with Crippen LogP contribution < -0.4 is 5.32 Å². The van der Waals surface area contributed by atoms with Gasteiger partial charge in [0.25, 0.3) is 0 Å². The van der Waals surface area contributed by atoms with Crippen LogP contribution in [0.4, 0.5) is 5.69 Å². The summed E-state index contributed by atoms with van der Waals surface area (Å²) in [4.78, 5) is 6.38. The topological polar surface area (TPSA) is 28.2 Å². The number of aromatic nitrogens is 1. The number of nitrogens with one attached hydrogen (secondary N) is 1. The first-order valence-electron chi connectivity index (χ1n) is 4.80. The van der Waals surface area contributed by atoms with E-state index >= 15 is 0 Å². The molecule has 1 aliphatic heterocycles. The van der Waals surface area contributed by atoms with Crippen LogP contribution in [0.1, 0.15) is 6.42 Å². The summed E-state index contributed by atoms with van der Waals surface area (Å²) < 4.78 is 1.04. The number of nitrogens with zero attached hydrogens (tertiary/aromatic N) is 2. The summed E-state index contributed by atoms with van der Waals surface area (Å²) in [6, 6.07) is 2.57. The summed E-state index contributed by atoms with van der Waals surface area (Å²) >= 11 is 3.48. The molecular weight excluding hydrogens is 242 g/mol. The molecule has 3 nitrogen and oxygen atoms in total. The molecule has 0 saturated carbocycles. The molecule has 2 rings (SSSR count). The van der Waals surface area contributed by atoms with Gasteiger partial charge in [0, 0.05) is 25.0 Å². The Morgan fingerprint density at radius 2 is 2.50 bits per heavy atom. The highest BCUT2D eigenvalue weighted by molar-refractivity contribution is 9.10. The van der Waals surface area contributed by atoms with Crippen molar-refractivity contribution < 1.29 is 0 Å². The number of hydrogen-bond acceptors (Lipinski definition) is 3. The molecule has 1 aromatic heterocycles. The van der Waals surface area contributed by atoms with Gasteiger partial charge in [0.1, 0.15) is 0 Å². The van der Waals surface area contributed by atoms with Crippen molar-refractivity contribution in [3.8, 4) is 0 Å². The van der Waals surface area contributed by atoms with Gasteiger partial charge in [-0.2, -0.15) is 0 Å². The molecule has 0 aromatic carbocycles. The van der Waals surface area contributed by atoms with Gasteiger partial charge in [-0.25, -0.2) is 0 Å². The Kier molecular flexibility index (Phi) is 3.03. The second-order valence-corrected chi connectivity index (χ2v) is 4.60. The van der Waals surface area contributed by atoms with Gasteiger partial charge in [0.2, 0.25) is 0 Å². The molecule has 0 aliphatic carbocycles. The number of pyridine rings is 1. The lowest BCUT2D eigenvalue weighted by atomic mass is 10.2. The monoisotopic (exact) mass is 255 g/mol. The average Bonchev–Trinajstić information content (AvgIpc) is 2.56. The molecule has 0 radical (unpaired) electrons. The van der Waals surface area contributed by atoms with E-state index in [0.717, 1.165) is 16.7 Å². The molecule has 1 atom stereocenters. The second-order valence-electron chi connectivity index (χ2n) is 3.75. The third-order valence-electron chi connectivity index (χ3n) is 2.52. The molecule has 14 heavy (non-hydrogen) atoms. The van der Waals surface area contributed by atoms with Gasteiger partial charge in [0.15, 0.2) is 0 Å². The van der Waals surface area contributed by atoms with Crippen molar-refractivity contribution in [2.75, 3.05) is 25.5 Å². The zero-order valence-corrected chi connectivity index (χ0v) is 9.79. The van der Waals surface area contributed by atoms with Crippen LogP contribution in [-0.4, -0.2) is 36.1 Å². The van der Waals surface area contributed by atoms with Crippen LogP contribution in [0.15, 0.2) is 22.9 Å². The van der Waals surface area contributed by atoms with E-state index < -0.39 is 0 Å². The minimum atomic E-state index is 0.568. The fourth-order valence-corrected chi connectivity index (χ4v) is 2.13. The van der Waals surface area contributed by atoms with Crippen molar-refractivity contribution in [2.24, 2.45) is 0 Å². The van der Waals surface area contributed by atoms with E-state index in [-0.39, 0.29) is 0 Å². The maximum atomic E-state index is 4.04. The highest BCUT2D eigenvalue weighted by Gasteiger charge is 2.19. The lowest BCUT2D eigenvalue weighted by Crippen LogP contribution is -2.23. The Morgan fingerprint density at radius 1 is 1.64 bits per heavy atom. The molecule has 4 heteroatoms. The van der Waals surface area contributed by atoms with Crippen molar-refractivity contribution in [2.45, 2.75) is 12.5 Å². The molecule has 0 bridgehead atoms. The van der Waals surface area contributed by atoms with E-state index in [4.69, 9.17) is 0 Å². The minimum absolute atomic E-state index is 0.568.